The summed E-state index contributed by atoms with van der Waals surface area (Å²) in [6.45, 7) is 7.41. The standard InChI is InChI=1S/C36H43N3O5/c1-24-19-39(25(2)22-40)36(41)34-33(29-14-7-8-15-30(29)38(34)4)28-13-6-5-11-27(28)23-44-32(24)21-37(3)20-26-12-9-16-31-35(26)43-18-10-17-42-31/h5-9,11-16,24-25,32,40H,10,17-23H2,1-4H3/t24-,25-,32-/m0/s1. The third kappa shape index (κ3) is 5.82. The largest absolute Gasteiger partial charge is 0.490 e. The molecule has 2 aliphatic heterocycles. The predicted octanol–water partition coefficient (Wildman–Crippen LogP) is 5.50. The van der Waals surface area contributed by atoms with Gasteiger partial charge in [0.15, 0.2) is 11.5 Å². The van der Waals surface area contributed by atoms with E-state index in [-0.39, 0.29) is 30.6 Å². The number of hydrogen-bond acceptors (Lipinski definition) is 6. The fourth-order valence-corrected chi connectivity index (χ4v) is 6.57. The van der Waals surface area contributed by atoms with Gasteiger partial charge in [0, 0.05) is 61.1 Å². The SMILES string of the molecule is C[C@H]1CN([C@@H](C)CO)C(=O)c2c(c3ccccc3n2C)-c2ccccc2CO[C@H]1CN(C)Cc1cccc2c1OCCCO2. The molecule has 2 aliphatic rings. The fourth-order valence-electron chi connectivity index (χ4n) is 6.57. The van der Waals surface area contributed by atoms with E-state index in [2.05, 4.69) is 49.2 Å². The molecule has 232 valence electrons. The number of benzene rings is 3. The molecule has 4 aromatic rings. The van der Waals surface area contributed by atoms with Crippen molar-refractivity contribution in [2.45, 2.75) is 45.6 Å². The summed E-state index contributed by atoms with van der Waals surface area (Å²) in [5.74, 6) is 1.52. The molecule has 0 radical (unpaired) electrons. The van der Waals surface area contributed by atoms with Gasteiger partial charge in [0.05, 0.1) is 38.6 Å². The van der Waals surface area contributed by atoms with Gasteiger partial charge in [-0.2, -0.15) is 0 Å². The number of rotatable bonds is 6. The molecule has 8 nitrogen and oxygen atoms in total. The summed E-state index contributed by atoms with van der Waals surface area (Å²) < 4.78 is 20.8. The summed E-state index contributed by atoms with van der Waals surface area (Å²) in [5.41, 5.74) is 5.66. The van der Waals surface area contributed by atoms with Crippen LogP contribution < -0.4 is 9.47 Å². The zero-order chi connectivity index (χ0) is 30.8. The molecule has 8 heteroatoms. The van der Waals surface area contributed by atoms with Crippen molar-refractivity contribution in [1.29, 1.82) is 0 Å². The molecule has 0 aliphatic carbocycles. The fraction of sp³-hybridized carbons (Fsp3) is 0.417. The van der Waals surface area contributed by atoms with Crippen LogP contribution >= 0.6 is 0 Å². The molecule has 1 aromatic heterocycles. The second-order valence-electron chi connectivity index (χ2n) is 12.3. The number of aromatic nitrogens is 1. The Bertz CT molecular complexity index is 1630. The molecule has 0 bridgehead atoms. The van der Waals surface area contributed by atoms with E-state index in [1.807, 2.05) is 59.8 Å². The average molecular weight is 598 g/mol. The van der Waals surface area contributed by atoms with Gasteiger partial charge in [-0.15, -0.1) is 0 Å². The van der Waals surface area contributed by atoms with E-state index < -0.39 is 0 Å². The maximum absolute atomic E-state index is 14.6. The lowest BCUT2D eigenvalue weighted by atomic mass is 9.96. The third-order valence-electron chi connectivity index (χ3n) is 9.01. The molecule has 44 heavy (non-hydrogen) atoms. The number of aryl methyl sites for hydroxylation is 1. The topological polar surface area (TPSA) is 76.4 Å². The normalized spacial score (nSPS) is 19.7. The number of aliphatic hydroxyl groups excluding tert-OH is 1. The molecule has 1 amide bonds. The number of aliphatic hydroxyl groups is 1. The first-order valence-electron chi connectivity index (χ1n) is 15.6. The molecule has 3 heterocycles. The van der Waals surface area contributed by atoms with E-state index in [4.69, 9.17) is 14.2 Å². The number of hydrogen-bond donors (Lipinski definition) is 1. The number of carbonyl (C=O) groups is 1. The molecule has 3 aromatic carbocycles. The molecular weight excluding hydrogens is 554 g/mol. The lowest BCUT2D eigenvalue weighted by molar-refractivity contribution is -0.0242. The van der Waals surface area contributed by atoms with Crippen molar-refractivity contribution in [2.75, 3.05) is 40.0 Å². The van der Waals surface area contributed by atoms with Crippen LogP contribution in [0.5, 0.6) is 11.5 Å². The van der Waals surface area contributed by atoms with Crippen LogP contribution in [0.3, 0.4) is 0 Å². The van der Waals surface area contributed by atoms with Gasteiger partial charge in [-0.3, -0.25) is 9.69 Å². The monoisotopic (exact) mass is 597 g/mol. The highest BCUT2D eigenvalue weighted by Gasteiger charge is 2.33. The highest BCUT2D eigenvalue weighted by molar-refractivity contribution is 6.10. The highest BCUT2D eigenvalue weighted by atomic mass is 16.5. The number of fused-ring (bicyclic) bond motifs is 6. The van der Waals surface area contributed by atoms with Crippen LogP contribution in [0.1, 0.15) is 41.9 Å². The predicted molar refractivity (Wildman–Crippen MR) is 172 cm³/mol. The number of amides is 1. The quantitative estimate of drug-likeness (QED) is 0.317. The number of ether oxygens (including phenoxy) is 3. The van der Waals surface area contributed by atoms with Crippen LogP contribution in [-0.4, -0.2) is 77.5 Å². The van der Waals surface area contributed by atoms with Crippen LogP contribution in [0.2, 0.25) is 0 Å². The highest BCUT2D eigenvalue weighted by Crippen LogP contribution is 2.39. The van der Waals surface area contributed by atoms with Gasteiger partial charge in [-0.05, 0) is 37.2 Å². The maximum atomic E-state index is 14.6. The summed E-state index contributed by atoms with van der Waals surface area (Å²) in [7, 11) is 4.05. The maximum Gasteiger partial charge on any atom is 0.271 e. The van der Waals surface area contributed by atoms with Gasteiger partial charge < -0.3 is 28.8 Å². The first-order chi connectivity index (χ1) is 21.4. The molecule has 0 saturated carbocycles. The minimum absolute atomic E-state index is 0.00808. The first kappa shape index (κ1) is 30.2. The van der Waals surface area contributed by atoms with Crippen LogP contribution in [-0.2, 0) is 24.9 Å². The summed E-state index contributed by atoms with van der Waals surface area (Å²) in [4.78, 5) is 18.6. The Labute approximate surface area is 259 Å². The van der Waals surface area contributed by atoms with E-state index >= 15 is 0 Å². The third-order valence-corrected chi connectivity index (χ3v) is 9.01. The molecule has 0 saturated heterocycles. The van der Waals surface area contributed by atoms with Crippen molar-refractivity contribution in [2.24, 2.45) is 13.0 Å². The first-order valence-corrected chi connectivity index (χ1v) is 15.6. The lowest BCUT2D eigenvalue weighted by Crippen LogP contribution is -2.47. The van der Waals surface area contributed by atoms with Crippen molar-refractivity contribution in [1.82, 2.24) is 14.4 Å². The van der Waals surface area contributed by atoms with Gasteiger partial charge in [0.25, 0.3) is 5.91 Å². The molecule has 6 rings (SSSR count). The summed E-state index contributed by atoms with van der Waals surface area (Å²) in [6.07, 6.45) is 0.687. The van der Waals surface area contributed by atoms with Crippen molar-refractivity contribution in [3.63, 3.8) is 0 Å². The number of carbonyl (C=O) groups excluding carboxylic acids is 1. The zero-order valence-corrected chi connectivity index (χ0v) is 26.2. The number of para-hydroxylation sites is 2. The Morgan fingerprint density at radius 1 is 1.02 bits per heavy atom. The van der Waals surface area contributed by atoms with Gasteiger partial charge in [0.2, 0.25) is 0 Å². The van der Waals surface area contributed by atoms with Crippen LogP contribution in [0.15, 0.2) is 66.7 Å². The average Bonchev–Trinajstić information content (AvgIpc) is 3.16. The van der Waals surface area contributed by atoms with E-state index in [1.54, 1.807) is 0 Å². The van der Waals surface area contributed by atoms with Crippen molar-refractivity contribution < 1.29 is 24.1 Å². The Morgan fingerprint density at radius 2 is 1.80 bits per heavy atom. The summed E-state index contributed by atoms with van der Waals surface area (Å²) in [5, 5.41) is 11.3. The zero-order valence-electron chi connectivity index (χ0n) is 26.2. The van der Waals surface area contributed by atoms with Crippen molar-refractivity contribution in [3.05, 3.63) is 83.6 Å². The minimum atomic E-state index is -0.359. The second-order valence-corrected chi connectivity index (χ2v) is 12.3. The van der Waals surface area contributed by atoms with E-state index in [9.17, 15) is 9.90 Å². The molecule has 0 fully saturated rings. The molecular formula is C36H43N3O5. The lowest BCUT2D eigenvalue weighted by Gasteiger charge is -2.35. The molecule has 0 unspecified atom stereocenters. The number of nitrogens with zero attached hydrogens (tertiary/aromatic N) is 3. The van der Waals surface area contributed by atoms with Gasteiger partial charge in [-0.1, -0.05) is 61.5 Å². The molecule has 0 spiro atoms. The summed E-state index contributed by atoms with van der Waals surface area (Å²) in [6, 6.07) is 22.1. The van der Waals surface area contributed by atoms with Gasteiger partial charge >= 0.3 is 0 Å². The van der Waals surface area contributed by atoms with Gasteiger partial charge in [0.1, 0.15) is 5.69 Å². The molecule has 3 atom stereocenters. The van der Waals surface area contributed by atoms with Crippen molar-refractivity contribution in [3.8, 4) is 22.6 Å². The smallest absolute Gasteiger partial charge is 0.271 e. The number of likely N-dealkylation sites (N-methyl/N-ethyl adjacent to an activating group) is 1. The summed E-state index contributed by atoms with van der Waals surface area (Å²) >= 11 is 0. The van der Waals surface area contributed by atoms with Crippen LogP contribution in [0, 0.1) is 5.92 Å². The second kappa shape index (κ2) is 13.0. The Morgan fingerprint density at radius 3 is 2.64 bits per heavy atom. The van der Waals surface area contributed by atoms with E-state index in [1.165, 1.54) is 0 Å². The van der Waals surface area contributed by atoms with Crippen molar-refractivity contribution >= 4 is 16.8 Å². The Balaban J connectivity index is 1.36. The van der Waals surface area contributed by atoms with E-state index in [0.717, 1.165) is 51.1 Å². The molecule has 1 N–H and O–H groups in total. The Kier molecular flexibility index (Phi) is 8.93. The van der Waals surface area contributed by atoms with E-state index in [0.29, 0.717) is 45.1 Å². The van der Waals surface area contributed by atoms with Gasteiger partial charge in [-0.25, -0.2) is 0 Å². The van der Waals surface area contributed by atoms with Crippen LogP contribution in [0.4, 0.5) is 0 Å². The Hall–Kier alpha value is -3.85. The minimum Gasteiger partial charge on any atom is -0.490 e. The van der Waals surface area contributed by atoms with Crippen LogP contribution in [0.25, 0.3) is 22.0 Å².